The third-order valence-electron chi connectivity index (χ3n) is 5.40. The molecule has 0 saturated carbocycles. The Morgan fingerprint density at radius 3 is 2.46 bits per heavy atom. The molecule has 1 aliphatic heterocycles. The minimum atomic E-state index is -0.783. The van der Waals surface area contributed by atoms with Crippen molar-refractivity contribution in [2.24, 2.45) is 0 Å². The molecular formula is C23H38N2O3. The minimum Gasteiger partial charge on any atom is -0.494 e. The van der Waals surface area contributed by atoms with Gasteiger partial charge in [0.25, 0.3) is 5.91 Å². The molecule has 5 heteroatoms. The molecule has 1 fully saturated rings. The van der Waals surface area contributed by atoms with E-state index < -0.39 is 5.60 Å². The average molecular weight is 391 g/mol. The van der Waals surface area contributed by atoms with Crippen LogP contribution in [-0.2, 0) is 9.53 Å². The lowest BCUT2D eigenvalue weighted by molar-refractivity contribution is -0.139. The number of benzene rings is 1. The fraction of sp³-hybridized carbons (Fsp3) is 0.696. The van der Waals surface area contributed by atoms with Crippen molar-refractivity contribution in [3.05, 3.63) is 24.3 Å². The third kappa shape index (κ3) is 7.44. The largest absolute Gasteiger partial charge is 0.494 e. The number of carbonyl (C=O) groups is 1. The predicted octanol–water partition coefficient (Wildman–Crippen LogP) is 4.87. The molecule has 158 valence electrons. The van der Waals surface area contributed by atoms with Gasteiger partial charge in [-0.3, -0.25) is 4.79 Å². The van der Waals surface area contributed by atoms with Crippen LogP contribution < -0.4 is 10.1 Å². The Labute approximate surface area is 170 Å². The van der Waals surface area contributed by atoms with Crippen molar-refractivity contribution in [3.8, 4) is 5.75 Å². The highest BCUT2D eigenvalue weighted by atomic mass is 16.5. The van der Waals surface area contributed by atoms with Gasteiger partial charge in [-0.05, 0) is 76.9 Å². The number of nitrogens with zero attached hydrogens (tertiary/aromatic N) is 1. The molecule has 1 aliphatic rings. The summed E-state index contributed by atoms with van der Waals surface area (Å²) in [7, 11) is 0. The molecule has 0 aliphatic carbocycles. The minimum absolute atomic E-state index is 0.0852. The maximum Gasteiger partial charge on any atom is 0.256 e. The molecule has 0 unspecified atom stereocenters. The average Bonchev–Trinajstić information content (AvgIpc) is 2.72. The smallest absolute Gasteiger partial charge is 0.256 e. The van der Waals surface area contributed by atoms with Crippen molar-refractivity contribution in [1.82, 2.24) is 4.90 Å². The van der Waals surface area contributed by atoms with Gasteiger partial charge in [0.05, 0.1) is 6.61 Å². The summed E-state index contributed by atoms with van der Waals surface area (Å²) in [6.07, 6.45) is 7.81. The lowest BCUT2D eigenvalue weighted by Crippen LogP contribution is -2.42. The van der Waals surface area contributed by atoms with Gasteiger partial charge in [-0.2, -0.15) is 0 Å². The molecule has 0 aromatic heterocycles. The van der Waals surface area contributed by atoms with Crippen molar-refractivity contribution in [2.75, 3.05) is 38.2 Å². The molecular weight excluding hydrogens is 352 g/mol. The third-order valence-corrected chi connectivity index (χ3v) is 5.40. The van der Waals surface area contributed by atoms with E-state index in [1.165, 1.54) is 32.4 Å². The van der Waals surface area contributed by atoms with Crippen molar-refractivity contribution < 1.29 is 14.3 Å². The molecule has 1 atom stereocenters. The van der Waals surface area contributed by atoms with Gasteiger partial charge >= 0.3 is 0 Å². The van der Waals surface area contributed by atoms with Gasteiger partial charge in [0.15, 0.2) is 0 Å². The number of carbonyl (C=O) groups excluding carboxylic acids is 1. The number of hydrogen-bond donors (Lipinski definition) is 1. The first-order valence-corrected chi connectivity index (χ1v) is 11.0. The number of ether oxygens (including phenoxy) is 2. The standard InChI is InChI=1S/C23H38N2O3/c1-4-6-15-23(3,28-5-2)22(26)24-20-11-13-21(14-12-20)27-19-10-18-25-16-8-7-9-17-25/h11-14H,4-10,15-19H2,1-3H3,(H,24,26)/t23-/m1/s1. The van der Waals surface area contributed by atoms with E-state index in [1.54, 1.807) is 0 Å². The van der Waals surface area contributed by atoms with Crippen molar-refractivity contribution in [3.63, 3.8) is 0 Å². The number of hydrogen-bond acceptors (Lipinski definition) is 4. The zero-order chi connectivity index (χ0) is 20.2. The second-order valence-electron chi connectivity index (χ2n) is 7.85. The highest BCUT2D eigenvalue weighted by molar-refractivity contribution is 5.97. The second-order valence-corrected chi connectivity index (χ2v) is 7.85. The Morgan fingerprint density at radius 2 is 1.82 bits per heavy atom. The maximum atomic E-state index is 12.7. The van der Waals surface area contributed by atoms with E-state index in [2.05, 4.69) is 17.1 Å². The van der Waals surface area contributed by atoms with E-state index in [4.69, 9.17) is 9.47 Å². The number of nitrogens with one attached hydrogen (secondary N) is 1. The molecule has 2 rings (SSSR count). The van der Waals surface area contributed by atoms with E-state index in [0.717, 1.165) is 50.3 Å². The molecule has 1 heterocycles. The van der Waals surface area contributed by atoms with E-state index in [0.29, 0.717) is 6.61 Å². The fourth-order valence-corrected chi connectivity index (χ4v) is 3.64. The summed E-state index contributed by atoms with van der Waals surface area (Å²) in [5, 5.41) is 2.99. The zero-order valence-corrected chi connectivity index (χ0v) is 18.0. The summed E-state index contributed by atoms with van der Waals surface area (Å²) in [4.78, 5) is 15.2. The van der Waals surface area contributed by atoms with E-state index >= 15 is 0 Å². The van der Waals surface area contributed by atoms with Gasteiger partial charge < -0.3 is 19.7 Å². The zero-order valence-electron chi connectivity index (χ0n) is 18.0. The second kappa shape index (κ2) is 12.1. The summed E-state index contributed by atoms with van der Waals surface area (Å²) in [5.74, 6) is 0.758. The summed E-state index contributed by atoms with van der Waals surface area (Å²) < 4.78 is 11.6. The van der Waals surface area contributed by atoms with Gasteiger partial charge in [0.1, 0.15) is 11.4 Å². The first-order valence-electron chi connectivity index (χ1n) is 11.0. The lowest BCUT2D eigenvalue weighted by atomic mass is 9.97. The van der Waals surface area contributed by atoms with Crippen LogP contribution in [-0.4, -0.2) is 49.3 Å². The van der Waals surface area contributed by atoms with Crippen LogP contribution in [0.25, 0.3) is 0 Å². The number of unbranched alkanes of at least 4 members (excludes halogenated alkanes) is 1. The monoisotopic (exact) mass is 390 g/mol. The van der Waals surface area contributed by atoms with Crippen LogP contribution >= 0.6 is 0 Å². The molecule has 0 spiro atoms. The molecule has 1 aromatic carbocycles. The summed E-state index contributed by atoms with van der Waals surface area (Å²) in [5.41, 5.74) is -0.0120. The van der Waals surface area contributed by atoms with Gasteiger partial charge in [0, 0.05) is 18.8 Å². The van der Waals surface area contributed by atoms with E-state index in [9.17, 15) is 4.79 Å². The summed E-state index contributed by atoms with van der Waals surface area (Å²) >= 11 is 0. The number of piperidine rings is 1. The Hall–Kier alpha value is -1.59. The highest BCUT2D eigenvalue weighted by Crippen LogP contribution is 2.23. The molecule has 0 bridgehead atoms. The number of likely N-dealkylation sites (tertiary alicyclic amines) is 1. The van der Waals surface area contributed by atoms with Crippen LogP contribution in [0, 0.1) is 0 Å². The van der Waals surface area contributed by atoms with Gasteiger partial charge in [-0.25, -0.2) is 0 Å². The van der Waals surface area contributed by atoms with Gasteiger partial charge in [-0.15, -0.1) is 0 Å². The van der Waals surface area contributed by atoms with Crippen molar-refractivity contribution >= 4 is 11.6 Å². The fourth-order valence-electron chi connectivity index (χ4n) is 3.64. The number of rotatable bonds is 12. The maximum absolute atomic E-state index is 12.7. The predicted molar refractivity (Wildman–Crippen MR) is 115 cm³/mol. The van der Waals surface area contributed by atoms with Gasteiger partial charge in [0.2, 0.25) is 0 Å². The molecule has 1 N–H and O–H groups in total. The van der Waals surface area contributed by atoms with Crippen LogP contribution in [0.4, 0.5) is 5.69 Å². The van der Waals surface area contributed by atoms with E-state index in [-0.39, 0.29) is 5.91 Å². The summed E-state index contributed by atoms with van der Waals surface area (Å²) in [6.45, 7) is 10.7. The molecule has 1 amide bonds. The van der Waals surface area contributed by atoms with Crippen LogP contribution in [0.15, 0.2) is 24.3 Å². The quantitative estimate of drug-likeness (QED) is 0.518. The van der Waals surface area contributed by atoms with Crippen molar-refractivity contribution in [1.29, 1.82) is 0 Å². The molecule has 0 radical (unpaired) electrons. The van der Waals surface area contributed by atoms with Crippen LogP contribution in [0.3, 0.4) is 0 Å². The van der Waals surface area contributed by atoms with E-state index in [1.807, 2.05) is 38.1 Å². The van der Waals surface area contributed by atoms with Crippen LogP contribution in [0.1, 0.15) is 65.7 Å². The highest BCUT2D eigenvalue weighted by Gasteiger charge is 2.33. The normalized spacial score (nSPS) is 17.1. The number of amides is 1. The Kier molecular flexibility index (Phi) is 9.79. The van der Waals surface area contributed by atoms with Crippen LogP contribution in [0.2, 0.25) is 0 Å². The Bertz CT molecular complexity index is 570. The number of anilines is 1. The first-order chi connectivity index (χ1) is 13.6. The summed E-state index contributed by atoms with van der Waals surface area (Å²) in [6, 6.07) is 7.62. The Balaban J connectivity index is 1.76. The van der Waals surface area contributed by atoms with Gasteiger partial charge in [-0.1, -0.05) is 26.2 Å². The molecule has 1 aromatic rings. The molecule has 1 saturated heterocycles. The molecule has 5 nitrogen and oxygen atoms in total. The molecule has 28 heavy (non-hydrogen) atoms. The van der Waals surface area contributed by atoms with Crippen molar-refractivity contribution in [2.45, 2.75) is 71.3 Å². The first kappa shape index (κ1) is 22.7. The Morgan fingerprint density at radius 1 is 1.11 bits per heavy atom. The topological polar surface area (TPSA) is 50.8 Å². The lowest BCUT2D eigenvalue weighted by Gasteiger charge is -2.28. The van der Waals surface area contributed by atoms with Crippen LogP contribution in [0.5, 0.6) is 5.75 Å². The SMILES string of the molecule is CCCC[C@@](C)(OCC)C(=O)Nc1ccc(OCCCN2CCCCC2)cc1.